The Bertz CT molecular complexity index is 119. The first-order valence-electron chi connectivity index (χ1n) is 5.83. The van der Waals surface area contributed by atoms with E-state index in [1.165, 1.54) is 51.9 Å². The van der Waals surface area contributed by atoms with Gasteiger partial charge in [0.1, 0.15) is 0 Å². The van der Waals surface area contributed by atoms with Crippen LogP contribution in [0.4, 0.5) is 0 Å². The normalized spacial score (nSPS) is 21.7. The SMILES string of the molecule is CCCCC(CC)N1CCNCC1. The van der Waals surface area contributed by atoms with Crippen molar-refractivity contribution in [2.75, 3.05) is 26.2 Å². The zero-order valence-corrected chi connectivity index (χ0v) is 9.18. The highest BCUT2D eigenvalue weighted by Gasteiger charge is 2.17. The second kappa shape index (κ2) is 6.39. The molecule has 0 aromatic heterocycles. The third kappa shape index (κ3) is 3.65. The minimum absolute atomic E-state index is 0.849. The molecule has 1 N–H and O–H groups in total. The number of unbranched alkanes of at least 4 members (excludes halogenated alkanes) is 1. The van der Waals surface area contributed by atoms with Gasteiger partial charge in [-0.25, -0.2) is 0 Å². The summed E-state index contributed by atoms with van der Waals surface area (Å²) in [5, 5.41) is 3.41. The van der Waals surface area contributed by atoms with E-state index in [1.54, 1.807) is 0 Å². The highest BCUT2D eigenvalue weighted by Crippen LogP contribution is 2.12. The molecule has 0 aromatic carbocycles. The van der Waals surface area contributed by atoms with Gasteiger partial charge in [-0.1, -0.05) is 26.7 Å². The summed E-state index contributed by atoms with van der Waals surface area (Å²) in [4.78, 5) is 2.66. The van der Waals surface area contributed by atoms with Crippen LogP contribution < -0.4 is 5.32 Å². The molecule has 2 nitrogen and oxygen atoms in total. The van der Waals surface area contributed by atoms with Crippen molar-refractivity contribution >= 4 is 0 Å². The lowest BCUT2D eigenvalue weighted by atomic mass is 10.1. The number of rotatable bonds is 5. The zero-order chi connectivity index (χ0) is 9.52. The van der Waals surface area contributed by atoms with Crippen LogP contribution in [0.3, 0.4) is 0 Å². The Hall–Kier alpha value is -0.0800. The van der Waals surface area contributed by atoms with Crippen molar-refractivity contribution < 1.29 is 0 Å². The van der Waals surface area contributed by atoms with Crippen LogP contribution in [0, 0.1) is 0 Å². The molecule has 1 heterocycles. The van der Waals surface area contributed by atoms with Gasteiger partial charge in [-0.05, 0) is 12.8 Å². The lowest BCUT2D eigenvalue weighted by Crippen LogP contribution is -2.48. The smallest absolute Gasteiger partial charge is 0.0110 e. The Labute approximate surface area is 82.7 Å². The maximum absolute atomic E-state index is 3.41. The Morgan fingerprint density at radius 2 is 1.92 bits per heavy atom. The average Bonchev–Trinajstić information content (AvgIpc) is 2.21. The Morgan fingerprint density at radius 1 is 1.23 bits per heavy atom. The summed E-state index contributed by atoms with van der Waals surface area (Å²) in [5.74, 6) is 0. The van der Waals surface area contributed by atoms with Gasteiger partial charge in [0.2, 0.25) is 0 Å². The maximum Gasteiger partial charge on any atom is 0.0110 e. The molecule has 0 saturated carbocycles. The molecule has 0 aliphatic carbocycles. The van der Waals surface area contributed by atoms with E-state index in [0.717, 1.165) is 6.04 Å². The molecule has 0 radical (unpaired) electrons. The average molecular weight is 184 g/mol. The van der Waals surface area contributed by atoms with Crippen LogP contribution in [0.15, 0.2) is 0 Å². The van der Waals surface area contributed by atoms with E-state index in [9.17, 15) is 0 Å². The van der Waals surface area contributed by atoms with E-state index in [-0.39, 0.29) is 0 Å². The number of hydrogen-bond acceptors (Lipinski definition) is 2. The van der Waals surface area contributed by atoms with Crippen LogP contribution in [0.25, 0.3) is 0 Å². The third-order valence-electron chi connectivity index (χ3n) is 3.03. The molecule has 78 valence electrons. The third-order valence-corrected chi connectivity index (χ3v) is 3.03. The second-order valence-corrected chi connectivity index (χ2v) is 3.99. The topological polar surface area (TPSA) is 15.3 Å². The van der Waals surface area contributed by atoms with E-state index < -0.39 is 0 Å². The van der Waals surface area contributed by atoms with Gasteiger partial charge in [-0.15, -0.1) is 0 Å². The highest BCUT2D eigenvalue weighted by atomic mass is 15.2. The van der Waals surface area contributed by atoms with Gasteiger partial charge in [-0.2, -0.15) is 0 Å². The molecule has 0 bridgehead atoms. The van der Waals surface area contributed by atoms with Gasteiger partial charge in [0, 0.05) is 32.2 Å². The molecule has 1 fully saturated rings. The van der Waals surface area contributed by atoms with Gasteiger partial charge < -0.3 is 5.32 Å². The summed E-state index contributed by atoms with van der Waals surface area (Å²) in [6, 6.07) is 0.849. The molecule has 1 unspecified atom stereocenters. The van der Waals surface area contributed by atoms with Gasteiger partial charge in [0.25, 0.3) is 0 Å². The lowest BCUT2D eigenvalue weighted by molar-refractivity contribution is 0.158. The molecule has 1 aliphatic heterocycles. The van der Waals surface area contributed by atoms with Crippen molar-refractivity contribution in [1.82, 2.24) is 10.2 Å². The fraction of sp³-hybridized carbons (Fsp3) is 1.00. The number of nitrogens with one attached hydrogen (secondary N) is 1. The minimum Gasteiger partial charge on any atom is -0.314 e. The maximum atomic E-state index is 3.41. The van der Waals surface area contributed by atoms with Crippen molar-refractivity contribution in [2.45, 2.75) is 45.6 Å². The standard InChI is InChI=1S/C11H24N2/c1-3-5-6-11(4-2)13-9-7-12-8-10-13/h11-12H,3-10H2,1-2H3. The fourth-order valence-electron chi connectivity index (χ4n) is 2.13. The molecule has 0 aromatic rings. The van der Waals surface area contributed by atoms with Crippen LogP contribution in [-0.2, 0) is 0 Å². The summed E-state index contributed by atoms with van der Waals surface area (Å²) in [6.45, 7) is 9.47. The highest BCUT2D eigenvalue weighted by molar-refractivity contribution is 4.75. The molecule has 1 aliphatic rings. The van der Waals surface area contributed by atoms with Gasteiger partial charge in [0.15, 0.2) is 0 Å². The largest absolute Gasteiger partial charge is 0.314 e. The van der Waals surface area contributed by atoms with Gasteiger partial charge in [-0.3, -0.25) is 4.90 Å². The molecule has 0 spiro atoms. The summed E-state index contributed by atoms with van der Waals surface area (Å²) >= 11 is 0. The second-order valence-electron chi connectivity index (χ2n) is 3.99. The zero-order valence-electron chi connectivity index (χ0n) is 9.18. The molecule has 1 rings (SSSR count). The number of hydrogen-bond donors (Lipinski definition) is 1. The predicted octanol–water partition coefficient (Wildman–Crippen LogP) is 1.86. The van der Waals surface area contributed by atoms with Crippen molar-refractivity contribution in [1.29, 1.82) is 0 Å². The first-order valence-corrected chi connectivity index (χ1v) is 5.83. The minimum atomic E-state index is 0.849. The first-order chi connectivity index (χ1) is 6.38. The lowest BCUT2D eigenvalue weighted by Gasteiger charge is -2.34. The van der Waals surface area contributed by atoms with Crippen LogP contribution in [0.5, 0.6) is 0 Å². The monoisotopic (exact) mass is 184 g/mol. The summed E-state index contributed by atoms with van der Waals surface area (Å²) < 4.78 is 0. The molecule has 13 heavy (non-hydrogen) atoms. The molecule has 1 atom stereocenters. The van der Waals surface area contributed by atoms with Crippen molar-refractivity contribution in [3.05, 3.63) is 0 Å². The fourth-order valence-corrected chi connectivity index (χ4v) is 2.13. The molecule has 2 heteroatoms. The molecule has 1 saturated heterocycles. The van der Waals surface area contributed by atoms with E-state index in [4.69, 9.17) is 0 Å². The van der Waals surface area contributed by atoms with Gasteiger partial charge >= 0.3 is 0 Å². The first kappa shape index (κ1) is 11.0. The summed E-state index contributed by atoms with van der Waals surface area (Å²) in [7, 11) is 0. The van der Waals surface area contributed by atoms with Crippen LogP contribution in [0.1, 0.15) is 39.5 Å². The molecular weight excluding hydrogens is 160 g/mol. The molecular formula is C11H24N2. The van der Waals surface area contributed by atoms with Crippen LogP contribution in [-0.4, -0.2) is 37.1 Å². The van der Waals surface area contributed by atoms with E-state index in [1.807, 2.05) is 0 Å². The van der Waals surface area contributed by atoms with E-state index in [2.05, 4.69) is 24.1 Å². The van der Waals surface area contributed by atoms with Crippen LogP contribution in [0.2, 0.25) is 0 Å². The van der Waals surface area contributed by atoms with E-state index in [0.29, 0.717) is 0 Å². The number of nitrogens with zero attached hydrogens (tertiary/aromatic N) is 1. The molecule has 0 amide bonds. The Balaban J connectivity index is 2.26. The van der Waals surface area contributed by atoms with Crippen molar-refractivity contribution in [2.24, 2.45) is 0 Å². The van der Waals surface area contributed by atoms with Crippen LogP contribution >= 0.6 is 0 Å². The van der Waals surface area contributed by atoms with E-state index >= 15 is 0 Å². The summed E-state index contributed by atoms with van der Waals surface area (Å²) in [6.07, 6.45) is 5.44. The van der Waals surface area contributed by atoms with Crippen molar-refractivity contribution in [3.63, 3.8) is 0 Å². The Kier molecular flexibility index (Phi) is 5.40. The predicted molar refractivity (Wildman–Crippen MR) is 58.0 cm³/mol. The summed E-state index contributed by atoms with van der Waals surface area (Å²) in [5.41, 5.74) is 0. The Morgan fingerprint density at radius 3 is 2.46 bits per heavy atom. The number of piperazine rings is 1. The van der Waals surface area contributed by atoms with Crippen molar-refractivity contribution in [3.8, 4) is 0 Å². The quantitative estimate of drug-likeness (QED) is 0.701. The van der Waals surface area contributed by atoms with Gasteiger partial charge in [0.05, 0.1) is 0 Å².